The lowest BCUT2D eigenvalue weighted by molar-refractivity contribution is -0.112. The summed E-state index contributed by atoms with van der Waals surface area (Å²) in [6.07, 6.45) is 0. The third-order valence-corrected chi connectivity index (χ3v) is 2.24. The molecular formula is C6H3NO2S. The summed E-state index contributed by atoms with van der Waals surface area (Å²) in [5, 5.41) is 4.23. The van der Waals surface area contributed by atoms with Crippen molar-refractivity contribution in [3.8, 4) is 0 Å². The highest BCUT2D eigenvalue weighted by Crippen LogP contribution is 2.27. The van der Waals surface area contributed by atoms with E-state index in [0.29, 0.717) is 10.6 Å². The molecule has 3 nitrogen and oxygen atoms in total. The molecule has 2 heterocycles. The molecule has 0 fully saturated rings. The second-order valence-corrected chi connectivity index (χ2v) is 2.86. The minimum Gasteiger partial charge on any atom is -0.318 e. The van der Waals surface area contributed by atoms with Crippen LogP contribution in [-0.2, 0) is 4.79 Å². The molecule has 0 saturated heterocycles. The Morgan fingerprint density at radius 1 is 1.40 bits per heavy atom. The molecule has 1 aromatic rings. The van der Waals surface area contributed by atoms with Gasteiger partial charge >= 0.3 is 0 Å². The van der Waals surface area contributed by atoms with Gasteiger partial charge in [0, 0.05) is 0 Å². The SMILES string of the molecule is O=C1Nc2ccsc2C1=O. The van der Waals surface area contributed by atoms with Gasteiger partial charge in [-0.15, -0.1) is 11.3 Å². The van der Waals surface area contributed by atoms with Crippen LogP contribution < -0.4 is 5.32 Å². The van der Waals surface area contributed by atoms with E-state index in [2.05, 4.69) is 5.32 Å². The lowest BCUT2D eigenvalue weighted by Crippen LogP contribution is -2.12. The van der Waals surface area contributed by atoms with E-state index in [9.17, 15) is 9.59 Å². The van der Waals surface area contributed by atoms with Crippen molar-refractivity contribution in [2.24, 2.45) is 0 Å². The molecule has 0 aromatic carbocycles. The van der Waals surface area contributed by atoms with Crippen LogP contribution in [-0.4, -0.2) is 11.7 Å². The van der Waals surface area contributed by atoms with Crippen molar-refractivity contribution >= 4 is 28.7 Å². The molecule has 0 spiro atoms. The average molecular weight is 153 g/mol. The molecule has 0 atom stereocenters. The van der Waals surface area contributed by atoms with Crippen LogP contribution >= 0.6 is 11.3 Å². The van der Waals surface area contributed by atoms with Gasteiger partial charge in [-0.2, -0.15) is 0 Å². The van der Waals surface area contributed by atoms with Gasteiger partial charge in [0.1, 0.15) is 4.88 Å². The summed E-state index contributed by atoms with van der Waals surface area (Å²) in [6.45, 7) is 0. The van der Waals surface area contributed by atoms with Crippen LogP contribution in [0.2, 0.25) is 0 Å². The number of amides is 1. The normalized spacial score (nSPS) is 15.2. The van der Waals surface area contributed by atoms with Gasteiger partial charge in [0.15, 0.2) is 0 Å². The Bertz CT molecular complexity index is 315. The molecule has 0 saturated carbocycles. The van der Waals surface area contributed by atoms with Gasteiger partial charge < -0.3 is 5.32 Å². The Labute approximate surface area is 60.7 Å². The summed E-state index contributed by atoms with van der Waals surface area (Å²) in [5.74, 6) is -0.924. The zero-order valence-electron chi connectivity index (χ0n) is 4.88. The van der Waals surface area contributed by atoms with E-state index >= 15 is 0 Å². The van der Waals surface area contributed by atoms with Gasteiger partial charge in [-0.1, -0.05) is 0 Å². The van der Waals surface area contributed by atoms with Crippen molar-refractivity contribution in [1.82, 2.24) is 0 Å². The maximum atomic E-state index is 10.9. The number of hydrogen-bond acceptors (Lipinski definition) is 3. The van der Waals surface area contributed by atoms with E-state index in [0.717, 1.165) is 0 Å². The fraction of sp³-hybridized carbons (Fsp3) is 0. The number of carbonyl (C=O) groups excluding carboxylic acids is 2. The van der Waals surface area contributed by atoms with Crippen LogP contribution in [0.3, 0.4) is 0 Å². The molecule has 1 amide bonds. The monoisotopic (exact) mass is 153 g/mol. The molecule has 50 valence electrons. The molecule has 0 unspecified atom stereocenters. The predicted molar refractivity (Wildman–Crippen MR) is 37.3 cm³/mol. The summed E-state index contributed by atoms with van der Waals surface area (Å²) in [6, 6.07) is 1.72. The largest absolute Gasteiger partial charge is 0.318 e. The number of ketones is 1. The summed E-state index contributed by atoms with van der Waals surface area (Å²) in [4.78, 5) is 22.0. The van der Waals surface area contributed by atoms with Crippen molar-refractivity contribution in [1.29, 1.82) is 0 Å². The fourth-order valence-corrected chi connectivity index (χ4v) is 1.65. The van der Waals surface area contributed by atoms with Crippen molar-refractivity contribution < 1.29 is 9.59 Å². The Hall–Kier alpha value is -1.16. The van der Waals surface area contributed by atoms with Crippen LogP contribution in [0.15, 0.2) is 11.4 Å². The zero-order valence-corrected chi connectivity index (χ0v) is 5.70. The second kappa shape index (κ2) is 1.67. The number of hydrogen-bond donors (Lipinski definition) is 1. The predicted octanol–water partition coefficient (Wildman–Crippen LogP) is 0.883. The highest BCUT2D eigenvalue weighted by Gasteiger charge is 2.28. The Morgan fingerprint density at radius 3 is 2.90 bits per heavy atom. The standard InChI is InChI=1S/C6H3NO2S/c8-4-5-3(1-2-10-5)7-6(4)9/h1-2H,(H,7,8,9). The topological polar surface area (TPSA) is 46.2 Å². The third kappa shape index (κ3) is 0.537. The van der Waals surface area contributed by atoms with E-state index in [1.54, 1.807) is 11.4 Å². The summed E-state index contributed by atoms with van der Waals surface area (Å²) >= 11 is 1.29. The number of fused-ring (bicyclic) bond motifs is 1. The number of nitrogens with one attached hydrogen (secondary N) is 1. The molecule has 10 heavy (non-hydrogen) atoms. The smallest absolute Gasteiger partial charge is 0.297 e. The zero-order chi connectivity index (χ0) is 7.14. The van der Waals surface area contributed by atoms with E-state index < -0.39 is 11.7 Å². The highest BCUT2D eigenvalue weighted by atomic mass is 32.1. The number of Topliss-reactive ketones (excluding diaryl/α,β-unsaturated/α-hetero) is 1. The quantitative estimate of drug-likeness (QED) is 0.562. The highest BCUT2D eigenvalue weighted by molar-refractivity contribution is 7.14. The van der Waals surface area contributed by atoms with E-state index in [-0.39, 0.29) is 0 Å². The minimum atomic E-state index is -0.512. The van der Waals surface area contributed by atoms with E-state index in [1.807, 2.05) is 0 Å². The van der Waals surface area contributed by atoms with E-state index in [1.165, 1.54) is 11.3 Å². The maximum absolute atomic E-state index is 10.9. The molecule has 0 aliphatic carbocycles. The van der Waals surface area contributed by atoms with Gasteiger partial charge in [0.2, 0.25) is 0 Å². The number of thiophene rings is 1. The molecule has 2 rings (SSSR count). The lowest BCUT2D eigenvalue weighted by atomic mass is 10.3. The third-order valence-electron chi connectivity index (χ3n) is 1.33. The molecule has 1 aliphatic rings. The second-order valence-electron chi connectivity index (χ2n) is 1.95. The molecule has 1 aliphatic heterocycles. The van der Waals surface area contributed by atoms with Gasteiger partial charge in [-0.25, -0.2) is 0 Å². The lowest BCUT2D eigenvalue weighted by Gasteiger charge is -1.83. The van der Waals surface area contributed by atoms with Gasteiger partial charge in [-0.05, 0) is 11.4 Å². The van der Waals surface area contributed by atoms with Gasteiger partial charge in [0.25, 0.3) is 11.7 Å². The van der Waals surface area contributed by atoms with Crippen molar-refractivity contribution in [2.75, 3.05) is 5.32 Å². The fourth-order valence-electron chi connectivity index (χ4n) is 0.866. The van der Waals surface area contributed by atoms with Crippen LogP contribution in [0.1, 0.15) is 9.67 Å². The first-order valence-electron chi connectivity index (χ1n) is 2.72. The maximum Gasteiger partial charge on any atom is 0.297 e. The summed E-state index contributed by atoms with van der Waals surface area (Å²) in [5.41, 5.74) is 0.653. The first-order valence-corrected chi connectivity index (χ1v) is 3.60. The number of anilines is 1. The van der Waals surface area contributed by atoms with Crippen LogP contribution in [0, 0.1) is 0 Å². The number of rotatable bonds is 0. The first kappa shape index (κ1) is 5.61. The Balaban J connectivity index is 2.63. The molecular weight excluding hydrogens is 150 g/mol. The van der Waals surface area contributed by atoms with Crippen molar-refractivity contribution in [2.45, 2.75) is 0 Å². The van der Waals surface area contributed by atoms with Gasteiger partial charge in [0.05, 0.1) is 5.69 Å². The average Bonchev–Trinajstić information content (AvgIpc) is 2.41. The van der Waals surface area contributed by atoms with Crippen molar-refractivity contribution in [3.63, 3.8) is 0 Å². The Kier molecular flexibility index (Phi) is 0.935. The summed E-state index contributed by atoms with van der Waals surface area (Å²) in [7, 11) is 0. The van der Waals surface area contributed by atoms with Crippen LogP contribution in [0.4, 0.5) is 5.69 Å². The van der Waals surface area contributed by atoms with E-state index in [4.69, 9.17) is 0 Å². The number of carbonyl (C=O) groups is 2. The molecule has 1 N–H and O–H groups in total. The molecule has 4 heteroatoms. The molecule has 1 aromatic heterocycles. The van der Waals surface area contributed by atoms with Crippen LogP contribution in [0.5, 0.6) is 0 Å². The first-order chi connectivity index (χ1) is 4.79. The van der Waals surface area contributed by atoms with Crippen LogP contribution in [0.25, 0.3) is 0 Å². The summed E-state index contributed by atoms with van der Waals surface area (Å²) < 4.78 is 0. The molecule has 0 bridgehead atoms. The van der Waals surface area contributed by atoms with Gasteiger partial charge in [-0.3, -0.25) is 9.59 Å². The minimum absolute atomic E-state index is 0.412. The Morgan fingerprint density at radius 2 is 2.20 bits per heavy atom. The van der Waals surface area contributed by atoms with Crippen molar-refractivity contribution in [3.05, 3.63) is 16.3 Å². The molecule has 0 radical (unpaired) electrons.